The standard InChI is InChI=1S/C28H39N5O9/c1-6-40-23(35)17-32(22(34)16-33-14-19(2)24(36)31-25(33)37)15-21(30-27(39)42-28(3,4)5)12-13-29-26(38)41-18-20-10-8-7-9-11-20/h7-11,14,21H,6,12-13,15-18H2,1-5H3,(H,29,38)(H,30,39)(H,31,36,37). The zero-order chi connectivity index (χ0) is 31.3. The molecule has 0 aliphatic rings. The minimum Gasteiger partial charge on any atom is -0.465 e. The fourth-order valence-electron chi connectivity index (χ4n) is 3.67. The Kier molecular flexibility index (Phi) is 12.8. The van der Waals surface area contributed by atoms with Gasteiger partial charge in [0.2, 0.25) is 5.91 Å². The number of nitrogens with one attached hydrogen (secondary N) is 3. The molecule has 1 aromatic heterocycles. The van der Waals surface area contributed by atoms with Crippen molar-refractivity contribution in [2.24, 2.45) is 0 Å². The second kappa shape index (κ2) is 16.0. The minimum absolute atomic E-state index is 0.0497. The fraction of sp³-hybridized carbons (Fsp3) is 0.500. The van der Waals surface area contributed by atoms with Gasteiger partial charge in [0.15, 0.2) is 0 Å². The summed E-state index contributed by atoms with van der Waals surface area (Å²) in [6.45, 7) is 7.21. The van der Waals surface area contributed by atoms with Crippen LogP contribution < -0.4 is 21.9 Å². The maximum absolute atomic E-state index is 13.3. The number of hydrogen-bond acceptors (Lipinski definition) is 9. The summed E-state index contributed by atoms with van der Waals surface area (Å²) in [6, 6.07) is 8.32. The first-order chi connectivity index (χ1) is 19.8. The molecule has 0 fully saturated rings. The van der Waals surface area contributed by atoms with Crippen molar-refractivity contribution in [3.8, 4) is 0 Å². The Bertz CT molecular complexity index is 1330. The monoisotopic (exact) mass is 589 g/mol. The summed E-state index contributed by atoms with van der Waals surface area (Å²) in [5.74, 6) is -1.35. The molecule has 3 amide bonds. The highest BCUT2D eigenvalue weighted by Gasteiger charge is 2.26. The smallest absolute Gasteiger partial charge is 0.407 e. The van der Waals surface area contributed by atoms with Gasteiger partial charge in [0.1, 0.15) is 25.3 Å². The lowest BCUT2D eigenvalue weighted by molar-refractivity contribution is -0.149. The molecule has 0 aliphatic heterocycles. The number of rotatable bonds is 13. The van der Waals surface area contributed by atoms with Crippen LogP contribution in [0.3, 0.4) is 0 Å². The molecule has 1 aromatic carbocycles. The lowest BCUT2D eigenvalue weighted by Gasteiger charge is -2.29. The van der Waals surface area contributed by atoms with Crippen molar-refractivity contribution in [2.75, 3.05) is 26.2 Å². The Morgan fingerprint density at radius 2 is 1.74 bits per heavy atom. The molecule has 14 nitrogen and oxygen atoms in total. The van der Waals surface area contributed by atoms with Gasteiger partial charge in [-0.05, 0) is 46.6 Å². The van der Waals surface area contributed by atoms with Crippen LogP contribution in [0.1, 0.15) is 45.2 Å². The van der Waals surface area contributed by atoms with E-state index < -0.39 is 60.0 Å². The second-order valence-electron chi connectivity index (χ2n) is 10.4. The largest absolute Gasteiger partial charge is 0.465 e. The Labute approximate surface area is 243 Å². The van der Waals surface area contributed by atoms with Crippen molar-refractivity contribution >= 4 is 24.1 Å². The van der Waals surface area contributed by atoms with Crippen molar-refractivity contribution in [3.63, 3.8) is 0 Å². The molecular formula is C28H39N5O9. The van der Waals surface area contributed by atoms with E-state index in [0.29, 0.717) is 0 Å². The summed E-state index contributed by atoms with van der Waals surface area (Å²) in [6.07, 6.45) is -0.0789. The van der Waals surface area contributed by atoms with E-state index in [0.717, 1.165) is 15.0 Å². The van der Waals surface area contributed by atoms with Gasteiger partial charge < -0.3 is 29.7 Å². The Morgan fingerprint density at radius 1 is 1.05 bits per heavy atom. The molecule has 0 saturated carbocycles. The van der Waals surface area contributed by atoms with E-state index in [9.17, 15) is 28.8 Å². The van der Waals surface area contributed by atoms with Gasteiger partial charge in [-0.3, -0.25) is 23.9 Å². The van der Waals surface area contributed by atoms with E-state index in [-0.39, 0.29) is 38.3 Å². The summed E-state index contributed by atoms with van der Waals surface area (Å²) in [5, 5.41) is 5.27. The molecule has 1 heterocycles. The lowest BCUT2D eigenvalue weighted by Crippen LogP contribution is -2.50. The zero-order valence-corrected chi connectivity index (χ0v) is 24.6. The van der Waals surface area contributed by atoms with Gasteiger partial charge in [0, 0.05) is 24.8 Å². The number of amides is 3. The van der Waals surface area contributed by atoms with Crippen LogP contribution >= 0.6 is 0 Å². The zero-order valence-electron chi connectivity index (χ0n) is 24.6. The van der Waals surface area contributed by atoms with Crippen molar-refractivity contribution in [3.05, 3.63) is 68.5 Å². The van der Waals surface area contributed by atoms with E-state index in [1.807, 2.05) is 30.3 Å². The topological polar surface area (TPSA) is 178 Å². The molecule has 42 heavy (non-hydrogen) atoms. The first-order valence-corrected chi connectivity index (χ1v) is 13.4. The van der Waals surface area contributed by atoms with Gasteiger partial charge >= 0.3 is 23.8 Å². The number of alkyl carbamates (subject to hydrolysis) is 2. The highest BCUT2D eigenvalue weighted by molar-refractivity contribution is 5.82. The van der Waals surface area contributed by atoms with Crippen LogP contribution in [0.15, 0.2) is 46.1 Å². The van der Waals surface area contributed by atoms with Gasteiger partial charge in [-0.2, -0.15) is 0 Å². The third kappa shape index (κ3) is 12.3. The van der Waals surface area contributed by atoms with Crippen molar-refractivity contribution in [1.82, 2.24) is 25.1 Å². The normalized spacial score (nSPS) is 11.6. The molecule has 230 valence electrons. The molecule has 2 rings (SSSR count). The predicted molar refractivity (Wildman–Crippen MR) is 152 cm³/mol. The molecule has 3 N–H and O–H groups in total. The number of carbonyl (C=O) groups excluding carboxylic acids is 4. The first-order valence-electron chi connectivity index (χ1n) is 13.4. The summed E-state index contributed by atoms with van der Waals surface area (Å²) in [4.78, 5) is 77.6. The van der Waals surface area contributed by atoms with E-state index in [1.54, 1.807) is 27.7 Å². The SMILES string of the molecule is CCOC(=O)CN(CC(CCNC(=O)OCc1ccccc1)NC(=O)OC(C)(C)C)C(=O)Cn1cc(C)c(=O)[nH]c1=O. The highest BCUT2D eigenvalue weighted by atomic mass is 16.6. The predicted octanol–water partition coefficient (Wildman–Crippen LogP) is 1.45. The number of esters is 1. The maximum Gasteiger partial charge on any atom is 0.407 e. The Balaban J connectivity index is 2.16. The van der Waals surface area contributed by atoms with Crippen molar-refractivity contribution < 1.29 is 33.4 Å². The van der Waals surface area contributed by atoms with E-state index in [4.69, 9.17) is 14.2 Å². The summed E-state index contributed by atoms with van der Waals surface area (Å²) < 4.78 is 16.6. The average molecular weight is 590 g/mol. The maximum atomic E-state index is 13.3. The molecule has 1 atom stereocenters. The van der Waals surface area contributed by atoms with E-state index >= 15 is 0 Å². The molecule has 0 bridgehead atoms. The Hall–Kier alpha value is -4.62. The average Bonchev–Trinajstić information content (AvgIpc) is 2.89. The fourth-order valence-corrected chi connectivity index (χ4v) is 3.67. The Morgan fingerprint density at radius 3 is 2.38 bits per heavy atom. The van der Waals surface area contributed by atoms with Gasteiger partial charge in [-0.25, -0.2) is 14.4 Å². The third-order valence-electron chi connectivity index (χ3n) is 5.61. The van der Waals surface area contributed by atoms with Gasteiger partial charge in [-0.15, -0.1) is 0 Å². The molecule has 0 aliphatic carbocycles. The number of H-pyrrole nitrogens is 1. The van der Waals surface area contributed by atoms with Crippen LogP contribution in [-0.4, -0.2) is 76.4 Å². The molecule has 0 radical (unpaired) electrons. The second-order valence-corrected chi connectivity index (χ2v) is 10.4. The number of benzene rings is 1. The van der Waals surface area contributed by atoms with Gasteiger partial charge in [0.25, 0.3) is 5.56 Å². The molecule has 2 aromatic rings. The molecule has 1 unspecified atom stereocenters. The van der Waals surface area contributed by atoms with Crippen LogP contribution in [0.25, 0.3) is 0 Å². The van der Waals surface area contributed by atoms with Crippen LogP contribution in [0.5, 0.6) is 0 Å². The number of hydrogen-bond donors (Lipinski definition) is 3. The summed E-state index contributed by atoms with van der Waals surface area (Å²) >= 11 is 0. The quantitative estimate of drug-likeness (QED) is 0.230. The van der Waals surface area contributed by atoms with Gasteiger partial charge in [-0.1, -0.05) is 30.3 Å². The van der Waals surface area contributed by atoms with E-state index in [2.05, 4.69) is 15.6 Å². The van der Waals surface area contributed by atoms with Gasteiger partial charge in [0.05, 0.1) is 12.6 Å². The van der Waals surface area contributed by atoms with Crippen molar-refractivity contribution in [1.29, 1.82) is 0 Å². The molecule has 0 spiro atoms. The number of nitrogens with zero attached hydrogens (tertiary/aromatic N) is 2. The lowest BCUT2D eigenvalue weighted by atomic mass is 10.1. The number of carbonyl (C=O) groups is 4. The number of aromatic nitrogens is 2. The van der Waals surface area contributed by atoms with E-state index in [1.165, 1.54) is 13.1 Å². The molecular weight excluding hydrogens is 550 g/mol. The van der Waals surface area contributed by atoms with Crippen LogP contribution in [0.4, 0.5) is 9.59 Å². The number of ether oxygens (including phenoxy) is 3. The summed E-state index contributed by atoms with van der Waals surface area (Å²) in [5.41, 5.74) is -1.16. The van der Waals surface area contributed by atoms with Crippen LogP contribution in [0.2, 0.25) is 0 Å². The van der Waals surface area contributed by atoms with Crippen LogP contribution in [0, 0.1) is 6.92 Å². The summed E-state index contributed by atoms with van der Waals surface area (Å²) in [7, 11) is 0. The number of aryl methyl sites for hydroxylation is 1. The first kappa shape index (κ1) is 33.6. The minimum atomic E-state index is -0.808. The van der Waals surface area contributed by atoms with Crippen molar-refractivity contribution in [2.45, 2.75) is 65.8 Å². The highest BCUT2D eigenvalue weighted by Crippen LogP contribution is 2.08. The van der Waals surface area contributed by atoms with Crippen LogP contribution in [-0.2, 0) is 37.0 Å². The number of aromatic amines is 1. The molecule has 0 saturated heterocycles. The molecule has 14 heteroatoms. The third-order valence-corrected chi connectivity index (χ3v) is 5.61.